The van der Waals surface area contributed by atoms with E-state index >= 15 is 0 Å². The quantitative estimate of drug-likeness (QED) is 0.0378. The molecule has 0 bridgehead atoms. The summed E-state index contributed by atoms with van der Waals surface area (Å²) in [5.41, 5.74) is 11.3. The molecule has 1 saturated heterocycles. The highest BCUT2D eigenvalue weighted by molar-refractivity contribution is 5.95. The normalized spacial score (nSPS) is 17.2. The molecule has 19 heteroatoms. The SMILES string of the molecule is N=C(N)NCCC[C@H](NC(=O)[C@H](CCC(=O)O)NC(=O)CNC(=O)[C@@H]1C[C@@H](O)CN1C(=O)[C@H](Cc1ccccc1)NC(=O)CN)C(=O)O. The van der Waals surface area contributed by atoms with E-state index in [1.807, 2.05) is 0 Å². The molecule has 0 unspecified atom stereocenters. The van der Waals surface area contributed by atoms with Crippen LogP contribution < -0.4 is 38.1 Å². The van der Waals surface area contributed by atoms with E-state index in [1.165, 1.54) is 0 Å². The van der Waals surface area contributed by atoms with Crippen molar-refractivity contribution in [3.8, 4) is 0 Å². The molecule has 0 spiro atoms. The number of aliphatic hydroxyl groups excluding tert-OH is 1. The van der Waals surface area contributed by atoms with Gasteiger partial charge in [-0.25, -0.2) is 4.79 Å². The number of carbonyl (C=O) groups is 7. The van der Waals surface area contributed by atoms with Gasteiger partial charge in [0.25, 0.3) is 0 Å². The van der Waals surface area contributed by atoms with Crippen molar-refractivity contribution < 1.29 is 48.9 Å². The van der Waals surface area contributed by atoms with Crippen LogP contribution in [0.25, 0.3) is 0 Å². The molecular weight excluding hydrogens is 634 g/mol. The van der Waals surface area contributed by atoms with Gasteiger partial charge in [0.2, 0.25) is 29.5 Å². The Labute approximate surface area is 275 Å². The summed E-state index contributed by atoms with van der Waals surface area (Å²) in [7, 11) is 0. The van der Waals surface area contributed by atoms with E-state index in [0.717, 1.165) is 4.90 Å². The van der Waals surface area contributed by atoms with Crippen LogP contribution in [0, 0.1) is 5.41 Å². The lowest BCUT2D eigenvalue weighted by atomic mass is 10.0. The third-order valence-electron chi connectivity index (χ3n) is 7.29. The number of carboxylic acid groups (broad SMARTS) is 2. The van der Waals surface area contributed by atoms with E-state index in [1.54, 1.807) is 30.3 Å². The number of guanidine groups is 1. The van der Waals surface area contributed by atoms with Gasteiger partial charge < -0.3 is 58.3 Å². The zero-order valence-corrected chi connectivity index (χ0v) is 26.1. The Bertz CT molecular complexity index is 1330. The predicted molar refractivity (Wildman–Crippen MR) is 168 cm³/mol. The fourth-order valence-electron chi connectivity index (χ4n) is 4.94. The maximum absolute atomic E-state index is 13.5. The van der Waals surface area contributed by atoms with Gasteiger partial charge in [-0.3, -0.25) is 34.2 Å². The highest BCUT2D eigenvalue weighted by atomic mass is 16.4. The molecule has 1 heterocycles. The van der Waals surface area contributed by atoms with Crippen LogP contribution >= 0.6 is 0 Å². The second-order valence-electron chi connectivity index (χ2n) is 11.1. The van der Waals surface area contributed by atoms with E-state index in [4.69, 9.17) is 22.0 Å². The standard InChI is InChI=1S/C29H43N9O10/c30-13-22(40)36-20(11-16-5-2-1-3-6-16)27(46)38-15-17(39)12-21(38)26(45)34-14-23(41)35-18(8-9-24(42)43)25(44)37-19(28(47)48)7-4-10-33-29(31)32/h1-3,5-6,17-21,39H,4,7-15,30H2,(H,34,45)(H,35,41)(H,36,40)(H,37,44)(H,42,43)(H,47,48)(H4,31,32,33)/t17-,18+,19+,20+,21+/m1/s1. The van der Waals surface area contributed by atoms with Crippen LogP contribution in [0.5, 0.6) is 0 Å². The van der Waals surface area contributed by atoms with Crippen LogP contribution in [0.1, 0.15) is 37.7 Å². The molecular formula is C29H43N9O10. The maximum atomic E-state index is 13.5. The van der Waals surface area contributed by atoms with Gasteiger partial charge in [0.05, 0.1) is 19.2 Å². The van der Waals surface area contributed by atoms with Crippen molar-refractivity contribution in [2.75, 3.05) is 26.2 Å². The van der Waals surface area contributed by atoms with Crippen molar-refractivity contribution in [3.63, 3.8) is 0 Å². The van der Waals surface area contributed by atoms with Gasteiger partial charge >= 0.3 is 11.9 Å². The number of hydrogen-bond acceptors (Lipinski definition) is 10. The summed E-state index contributed by atoms with van der Waals surface area (Å²) in [6.45, 7) is -1.16. The molecule has 48 heavy (non-hydrogen) atoms. The number of likely N-dealkylation sites (tertiary alicyclic amines) is 1. The van der Waals surface area contributed by atoms with E-state index in [-0.39, 0.29) is 51.3 Å². The Morgan fingerprint density at radius 2 is 1.58 bits per heavy atom. The highest BCUT2D eigenvalue weighted by Crippen LogP contribution is 2.20. The first kappa shape index (κ1) is 38.9. The van der Waals surface area contributed by atoms with E-state index < -0.39 is 91.1 Å². The molecule has 1 aliphatic heterocycles. The van der Waals surface area contributed by atoms with Crippen molar-refractivity contribution in [2.45, 2.75) is 68.8 Å². The molecule has 1 aromatic carbocycles. The molecule has 13 N–H and O–H groups in total. The minimum Gasteiger partial charge on any atom is -0.481 e. The first-order valence-electron chi connectivity index (χ1n) is 15.1. The van der Waals surface area contributed by atoms with Crippen molar-refractivity contribution in [3.05, 3.63) is 35.9 Å². The Hall–Kier alpha value is -5.30. The third-order valence-corrected chi connectivity index (χ3v) is 7.29. The topological polar surface area (TPSA) is 319 Å². The number of aliphatic hydroxyl groups is 1. The Morgan fingerprint density at radius 3 is 2.19 bits per heavy atom. The number of amides is 5. The molecule has 264 valence electrons. The molecule has 1 aromatic rings. The van der Waals surface area contributed by atoms with Gasteiger partial charge in [-0.2, -0.15) is 0 Å². The summed E-state index contributed by atoms with van der Waals surface area (Å²) in [6, 6.07) is 3.57. The fourth-order valence-corrected chi connectivity index (χ4v) is 4.94. The highest BCUT2D eigenvalue weighted by Gasteiger charge is 2.41. The molecule has 0 aromatic heterocycles. The number of rotatable bonds is 19. The van der Waals surface area contributed by atoms with E-state index in [0.29, 0.717) is 5.56 Å². The summed E-state index contributed by atoms with van der Waals surface area (Å²) in [4.78, 5) is 88.4. The lowest BCUT2D eigenvalue weighted by Crippen LogP contribution is -2.56. The average Bonchev–Trinajstić information content (AvgIpc) is 3.44. The Morgan fingerprint density at radius 1 is 0.917 bits per heavy atom. The van der Waals surface area contributed by atoms with Gasteiger partial charge in [-0.15, -0.1) is 0 Å². The number of nitrogens with two attached hydrogens (primary N) is 2. The third kappa shape index (κ3) is 13.2. The molecule has 1 aliphatic rings. The zero-order chi connectivity index (χ0) is 35.8. The van der Waals surface area contributed by atoms with Gasteiger partial charge in [0, 0.05) is 32.4 Å². The summed E-state index contributed by atoms with van der Waals surface area (Å²) >= 11 is 0. The fraction of sp³-hybridized carbons (Fsp3) is 0.517. The second kappa shape index (κ2) is 19.4. The second-order valence-corrected chi connectivity index (χ2v) is 11.1. The summed E-state index contributed by atoms with van der Waals surface area (Å²) in [5.74, 6) is -6.94. The lowest BCUT2D eigenvalue weighted by Gasteiger charge is -2.28. The number of nitrogens with zero attached hydrogens (tertiary/aromatic N) is 1. The first-order valence-corrected chi connectivity index (χ1v) is 15.1. The Kier molecular flexibility index (Phi) is 15.7. The van der Waals surface area contributed by atoms with Crippen LogP contribution in [0.4, 0.5) is 0 Å². The summed E-state index contributed by atoms with van der Waals surface area (Å²) < 4.78 is 0. The number of carboxylic acids is 2. The van der Waals surface area contributed by atoms with Crippen LogP contribution in [-0.4, -0.2) is 124 Å². The molecule has 2 rings (SSSR count). The summed E-state index contributed by atoms with van der Waals surface area (Å²) in [6.07, 6.45) is -1.97. The van der Waals surface area contributed by atoms with Crippen molar-refractivity contribution in [1.29, 1.82) is 5.41 Å². The molecule has 0 radical (unpaired) electrons. The maximum Gasteiger partial charge on any atom is 0.326 e. The molecule has 0 aliphatic carbocycles. The van der Waals surface area contributed by atoms with E-state index in [9.17, 15) is 43.8 Å². The summed E-state index contributed by atoms with van der Waals surface area (Å²) in [5, 5.41) is 48.0. The van der Waals surface area contributed by atoms with Crippen molar-refractivity contribution in [1.82, 2.24) is 31.5 Å². The minimum atomic E-state index is -1.47. The molecule has 5 amide bonds. The van der Waals surface area contributed by atoms with Crippen LogP contribution in [0.3, 0.4) is 0 Å². The van der Waals surface area contributed by atoms with Crippen LogP contribution in [0.15, 0.2) is 30.3 Å². The molecule has 5 atom stereocenters. The van der Waals surface area contributed by atoms with Crippen LogP contribution in [-0.2, 0) is 40.0 Å². The predicted octanol–water partition coefficient (Wildman–Crippen LogP) is -4.07. The lowest BCUT2D eigenvalue weighted by molar-refractivity contribution is -0.143. The zero-order valence-electron chi connectivity index (χ0n) is 26.1. The average molecular weight is 678 g/mol. The number of nitrogens with one attached hydrogen (secondary N) is 6. The van der Waals surface area contributed by atoms with Gasteiger partial charge in [-0.1, -0.05) is 30.3 Å². The molecule has 19 nitrogen and oxygen atoms in total. The van der Waals surface area contributed by atoms with Crippen molar-refractivity contribution >= 4 is 47.4 Å². The smallest absolute Gasteiger partial charge is 0.326 e. The van der Waals surface area contributed by atoms with Crippen LogP contribution in [0.2, 0.25) is 0 Å². The Balaban J connectivity index is 2.07. The first-order chi connectivity index (χ1) is 22.7. The number of hydrogen-bond donors (Lipinski definition) is 11. The van der Waals surface area contributed by atoms with Crippen molar-refractivity contribution in [2.24, 2.45) is 11.5 Å². The monoisotopic (exact) mass is 677 g/mol. The minimum absolute atomic E-state index is 0.0679. The van der Waals surface area contributed by atoms with E-state index in [2.05, 4.69) is 26.6 Å². The van der Waals surface area contributed by atoms with Gasteiger partial charge in [0.15, 0.2) is 5.96 Å². The van der Waals surface area contributed by atoms with Gasteiger partial charge in [0.1, 0.15) is 24.2 Å². The number of β-amino-alcohol motifs (C(OH)–C–C–N with tert-alkyl or cyclic N) is 1. The number of carbonyl (C=O) groups excluding carboxylic acids is 5. The number of benzene rings is 1. The van der Waals surface area contributed by atoms with Gasteiger partial charge in [-0.05, 0) is 24.8 Å². The molecule has 0 saturated carbocycles. The number of aliphatic carboxylic acids is 2. The molecule has 1 fully saturated rings. The largest absolute Gasteiger partial charge is 0.481 e.